The summed E-state index contributed by atoms with van der Waals surface area (Å²) in [6.45, 7) is 7.44. The van der Waals surface area contributed by atoms with Gasteiger partial charge in [0.1, 0.15) is 12.4 Å². The summed E-state index contributed by atoms with van der Waals surface area (Å²) < 4.78 is 44.5. The van der Waals surface area contributed by atoms with Crippen LogP contribution in [-0.2, 0) is 33.7 Å². The van der Waals surface area contributed by atoms with E-state index in [1.807, 2.05) is 25.1 Å². The van der Waals surface area contributed by atoms with Crippen LogP contribution in [0.15, 0.2) is 57.7 Å². The Labute approximate surface area is 230 Å². The predicted octanol–water partition coefficient (Wildman–Crippen LogP) is 6.40. The molecule has 0 spiro atoms. The zero-order chi connectivity index (χ0) is 28.9. The number of anilines is 1. The van der Waals surface area contributed by atoms with Gasteiger partial charge in [0.05, 0.1) is 29.5 Å². The number of amidine groups is 2. The number of alkyl halides is 3. The highest BCUT2D eigenvalue weighted by molar-refractivity contribution is 6.33. The number of Topliss-reactive ketones (excluding diaryl/α,β-unsaturated/α-hetero) is 1. The van der Waals surface area contributed by atoms with Gasteiger partial charge in [-0.3, -0.25) is 14.6 Å². The number of hydrogen-bond acceptors (Lipinski definition) is 4. The van der Waals surface area contributed by atoms with E-state index in [4.69, 9.17) is 21.3 Å². The molecule has 3 rings (SSSR count). The van der Waals surface area contributed by atoms with Crippen molar-refractivity contribution in [3.05, 3.63) is 74.9 Å². The highest BCUT2D eigenvalue weighted by atomic mass is 35.5. The van der Waals surface area contributed by atoms with E-state index in [0.717, 1.165) is 34.9 Å². The molecular formula is C28H30ClF3N4O3. The van der Waals surface area contributed by atoms with Gasteiger partial charge in [-0.05, 0) is 62.6 Å². The second-order valence-electron chi connectivity index (χ2n) is 8.99. The number of aliphatic imine (C=N–C) groups is 2. The zero-order valence-corrected chi connectivity index (χ0v) is 23.1. The monoisotopic (exact) mass is 562 g/mol. The normalized spacial score (nSPS) is 14.6. The molecule has 1 heterocycles. The van der Waals surface area contributed by atoms with Crippen LogP contribution in [0.5, 0.6) is 0 Å². The maximum absolute atomic E-state index is 13.1. The second-order valence-corrected chi connectivity index (χ2v) is 9.40. The van der Waals surface area contributed by atoms with Gasteiger partial charge >= 0.3 is 6.18 Å². The third-order valence-electron chi connectivity index (χ3n) is 6.34. The molecule has 0 aliphatic carbocycles. The molecule has 39 heavy (non-hydrogen) atoms. The van der Waals surface area contributed by atoms with Crippen LogP contribution in [0.3, 0.4) is 0 Å². The summed E-state index contributed by atoms with van der Waals surface area (Å²) in [6, 6.07) is 8.52. The number of nitrogens with zero attached hydrogens (tertiary/aromatic N) is 3. The second kappa shape index (κ2) is 12.6. The molecule has 2 aromatic carbocycles. The minimum atomic E-state index is -4.56. The average molecular weight is 563 g/mol. The Morgan fingerprint density at radius 3 is 2.36 bits per heavy atom. The van der Waals surface area contributed by atoms with Crippen molar-refractivity contribution in [1.82, 2.24) is 4.90 Å². The van der Waals surface area contributed by atoms with Gasteiger partial charge in [0.25, 0.3) is 0 Å². The molecule has 0 saturated carbocycles. The molecule has 1 aliphatic heterocycles. The molecule has 0 bridgehead atoms. The lowest BCUT2D eigenvalue weighted by molar-refractivity contribution is -0.137. The van der Waals surface area contributed by atoms with E-state index in [1.165, 1.54) is 6.92 Å². The third-order valence-corrected chi connectivity index (χ3v) is 6.66. The van der Waals surface area contributed by atoms with Crippen molar-refractivity contribution in [3.63, 3.8) is 0 Å². The van der Waals surface area contributed by atoms with Crippen molar-refractivity contribution in [3.8, 4) is 0 Å². The maximum atomic E-state index is 13.1. The lowest BCUT2D eigenvalue weighted by Gasteiger charge is -2.28. The topological polar surface area (TPSA) is 83.4 Å². The Morgan fingerprint density at radius 2 is 1.77 bits per heavy atom. The highest BCUT2D eigenvalue weighted by Gasteiger charge is 2.31. The fraction of sp³-hybridized carbons (Fsp3) is 0.357. The van der Waals surface area contributed by atoms with Gasteiger partial charge in [-0.2, -0.15) is 13.2 Å². The molecule has 2 aromatic rings. The number of allylic oxidation sites excluding steroid dienone is 2. The van der Waals surface area contributed by atoms with Crippen molar-refractivity contribution >= 4 is 40.6 Å². The lowest BCUT2D eigenvalue weighted by Crippen LogP contribution is -2.37. The molecule has 0 saturated heterocycles. The van der Waals surface area contributed by atoms with Crippen LogP contribution < -0.4 is 5.32 Å². The summed E-state index contributed by atoms with van der Waals surface area (Å²) >= 11 is 6.03. The number of rotatable bonds is 7. The molecule has 0 fully saturated rings. The Hall–Kier alpha value is -3.50. The van der Waals surface area contributed by atoms with Gasteiger partial charge < -0.3 is 15.0 Å². The number of ether oxygens (including phenoxy) is 1. The van der Waals surface area contributed by atoms with Gasteiger partial charge in [-0.1, -0.05) is 30.7 Å². The van der Waals surface area contributed by atoms with Crippen molar-refractivity contribution in [1.29, 1.82) is 0 Å². The van der Waals surface area contributed by atoms with Crippen molar-refractivity contribution in [2.24, 2.45) is 9.98 Å². The number of nitrogens with one attached hydrogen (secondary N) is 1. The Kier molecular flexibility index (Phi) is 9.68. The van der Waals surface area contributed by atoms with Crippen LogP contribution in [0.4, 0.5) is 18.9 Å². The van der Waals surface area contributed by atoms with E-state index in [2.05, 4.69) is 10.3 Å². The summed E-state index contributed by atoms with van der Waals surface area (Å²) in [7, 11) is 1.61. The number of carbonyl (C=O) groups excluding carboxylic acids is 2. The highest BCUT2D eigenvalue weighted by Crippen LogP contribution is 2.34. The molecule has 208 valence electrons. The lowest BCUT2D eigenvalue weighted by atomic mass is 10.1. The first-order valence-electron chi connectivity index (χ1n) is 12.2. The molecule has 7 nitrogen and oxygen atoms in total. The van der Waals surface area contributed by atoms with Crippen LogP contribution in [0.1, 0.15) is 56.4 Å². The molecule has 11 heteroatoms. The molecule has 0 atom stereocenters. The Morgan fingerprint density at radius 1 is 1.08 bits per heavy atom. The van der Waals surface area contributed by atoms with Gasteiger partial charge in [-0.25, -0.2) is 4.99 Å². The van der Waals surface area contributed by atoms with Gasteiger partial charge in [0, 0.05) is 23.9 Å². The molecule has 0 aromatic heterocycles. The first kappa shape index (κ1) is 30.0. The summed E-state index contributed by atoms with van der Waals surface area (Å²) in [4.78, 5) is 36.0. The SMILES string of the molecule is CC/C(=C(\C)C(C)=O)N(CC(=O)Nc1ccc(C(F)(F)F)cc1Cl)C(C)=NC(=NC)c1ccc2c(c1)COC2. The largest absolute Gasteiger partial charge is 0.416 e. The minimum absolute atomic E-state index is 0.0331. The molecule has 1 N–H and O–H groups in total. The average Bonchev–Trinajstić information content (AvgIpc) is 3.35. The Balaban J connectivity index is 1.94. The molecule has 0 radical (unpaired) electrons. The van der Waals surface area contributed by atoms with E-state index >= 15 is 0 Å². The summed E-state index contributed by atoms with van der Waals surface area (Å²) in [6.07, 6.45) is -4.15. The molecule has 1 amide bonds. The number of amides is 1. The molecule has 1 aliphatic rings. The van der Waals surface area contributed by atoms with E-state index in [9.17, 15) is 22.8 Å². The van der Waals surface area contributed by atoms with Gasteiger partial charge in [0.2, 0.25) is 5.91 Å². The predicted molar refractivity (Wildman–Crippen MR) is 146 cm³/mol. The molecule has 0 unspecified atom stereocenters. The van der Waals surface area contributed by atoms with Crippen molar-refractivity contribution in [2.45, 2.75) is 53.5 Å². The van der Waals surface area contributed by atoms with Crippen molar-refractivity contribution in [2.75, 3.05) is 18.9 Å². The van der Waals surface area contributed by atoms with E-state index in [1.54, 1.807) is 25.8 Å². The first-order chi connectivity index (χ1) is 18.3. The number of benzene rings is 2. The first-order valence-corrected chi connectivity index (χ1v) is 12.6. The third kappa shape index (κ3) is 7.33. The number of ketones is 1. The van der Waals surface area contributed by atoms with Crippen LogP contribution in [0.25, 0.3) is 0 Å². The summed E-state index contributed by atoms with van der Waals surface area (Å²) in [5.74, 6) is 0.102. The number of carbonyl (C=O) groups is 2. The Bertz CT molecular complexity index is 1370. The summed E-state index contributed by atoms with van der Waals surface area (Å²) in [5.41, 5.74) is 3.06. The number of hydrogen-bond donors (Lipinski definition) is 1. The maximum Gasteiger partial charge on any atom is 0.416 e. The van der Waals surface area contributed by atoms with E-state index in [0.29, 0.717) is 42.6 Å². The van der Waals surface area contributed by atoms with Crippen LogP contribution in [-0.4, -0.2) is 41.9 Å². The minimum Gasteiger partial charge on any atom is -0.372 e. The van der Waals surface area contributed by atoms with E-state index in [-0.39, 0.29) is 23.0 Å². The van der Waals surface area contributed by atoms with Crippen LogP contribution in [0, 0.1) is 0 Å². The van der Waals surface area contributed by atoms with Crippen LogP contribution >= 0.6 is 11.6 Å². The smallest absolute Gasteiger partial charge is 0.372 e. The fourth-order valence-corrected chi connectivity index (χ4v) is 4.39. The van der Waals surface area contributed by atoms with Crippen molar-refractivity contribution < 1.29 is 27.5 Å². The van der Waals surface area contributed by atoms with E-state index < -0.39 is 17.6 Å². The number of halogens is 4. The van der Waals surface area contributed by atoms with Gasteiger partial charge in [-0.15, -0.1) is 0 Å². The zero-order valence-electron chi connectivity index (χ0n) is 22.4. The fourth-order valence-electron chi connectivity index (χ4n) is 4.16. The number of fused-ring (bicyclic) bond motifs is 1. The summed E-state index contributed by atoms with van der Waals surface area (Å²) in [5, 5.41) is 2.31. The quantitative estimate of drug-likeness (QED) is 0.240. The standard InChI is InChI=1S/C28H30ClF3N4O3/c1-6-25(16(2)17(3)37)36(13-26(38)35-24-10-9-22(12-23(24)29)28(30,31)32)18(4)34-27(33-5)19-7-8-20-14-39-15-21(20)11-19/h7-12H,6,13-15H2,1-5H3,(H,35,38)/b25-16-,33-27?,34-18?. The van der Waals surface area contributed by atoms with Gasteiger partial charge in [0.15, 0.2) is 11.6 Å². The molecular weight excluding hydrogens is 533 g/mol. The van der Waals surface area contributed by atoms with Crippen LogP contribution in [0.2, 0.25) is 5.02 Å².